The SMILES string of the molecule is Cc1cccc(NC(=O)CNc2ccc(OC(F)F)c(Cl)c2)c1C. The molecule has 128 valence electrons. The summed E-state index contributed by atoms with van der Waals surface area (Å²) in [5.74, 6) is -0.343. The Morgan fingerprint density at radius 3 is 2.67 bits per heavy atom. The fourth-order valence-electron chi connectivity index (χ4n) is 2.07. The molecular weight excluding hydrogens is 338 g/mol. The molecule has 0 aliphatic carbocycles. The predicted molar refractivity (Wildman–Crippen MR) is 91.1 cm³/mol. The highest BCUT2D eigenvalue weighted by molar-refractivity contribution is 6.32. The van der Waals surface area contributed by atoms with Crippen molar-refractivity contribution in [2.45, 2.75) is 20.5 Å². The number of rotatable bonds is 6. The van der Waals surface area contributed by atoms with Crippen LogP contribution in [0.25, 0.3) is 0 Å². The highest BCUT2D eigenvalue weighted by atomic mass is 35.5. The zero-order chi connectivity index (χ0) is 17.7. The zero-order valence-electron chi connectivity index (χ0n) is 13.2. The van der Waals surface area contributed by atoms with E-state index in [1.54, 1.807) is 0 Å². The number of anilines is 2. The van der Waals surface area contributed by atoms with Crippen LogP contribution in [-0.2, 0) is 4.79 Å². The molecule has 0 aliphatic rings. The van der Waals surface area contributed by atoms with E-state index in [0.29, 0.717) is 5.69 Å². The minimum absolute atomic E-state index is 0.0127. The Bertz CT molecular complexity index is 739. The van der Waals surface area contributed by atoms with E-state index in [2.05, 4.69) is 15.4 Å². The average molecular weight is 355 g/mol. The van der Waals surface area contributed by atoms with Crippen LogP contribution in [0.5, 0.6) is 5.75 Å². The van der Waals surface area contributed by atoms with Gasteiger partial charge in [0.1, 0.15) is 5.75 Å². The molecule has 0 bridgehead atoms. The van der Waals surface area contributed by atoms with Crippen LogP contribution in [0.1, 0.15) is 11.1 Å². The number of halogens is 3. The maximum absolute atomic E-state index is 12.2. The lowest BCUT2D eigenvalue weighted by molar-refractivity contribution is -0.114. The molecule has 0 spiro atoms. The molecule has 0 saturated carbocycles. The van der Waals surface area contributed by atoms with E-state index in [1.165, 1.54) is 18.2 Å². The van der Waals surface area contributed by atoms with Gasteiger partial charge in [-0.2, -0.15) is 8.78 Å². The van der Waals surface area contributed by atoms with Crippen LogP contribution in [0.15, 0.2) is 36.4 Å². The van der Waals surface area contributed by atoms with Gasteiger partial charge in [-0.15, -0.1) is 0 Å². The molecule has 1 amide bonds. The Labute approximate surface area is 143 Å². The monoisotopic (exact) mass is 354 g/mol. The van der Waals surface area contributed by atoms with E-state index in [1.807, 2.05) is 32.0 Å². The molecule has 0 saturated heterocycles. The highest BCUT2D eigenvalue weighted by Crippen LogP contribution is 2.28. The summed E-state index contributed by atoms with van der Waals surface area (Å²) in [5.41, 5.74) is 3.36. The number of nitrogens with one attached hydrogen (secondary N) is 2. The van der Waals surface area contributed by atoms with Crippen LogP contribution in [0, 0.1) is 13.8 Å². The summed E-state index contributed by atoms with van der Waals surface area (Å²) in [6.07, 6.45) is 0. The third kappa shape index (κ3) is 4.83. The quantitative estimate of drug-likeness (QED) is 0.796. The topological polar surface area (TPSA) is 50.4 Å². The van der Waals surface area contributed by atoms with Crippen molar-refractivity contribution < 1.29 is 18.3 Å². The molecule has 0 heterocycles. The van der Waals surface area contributed by atoms with Crippen LogP contribution in [-0.4, -0.2) is 19.1 Å². The second-order valence-corrected chi connectivity index (χ2v) is 5.58. The van der Waals surface area contributed by atoms with E-state index in [4.69, 9.17) is 11.6 Å². The Morgan fingerprint density at radius 1 is 1.25 bits per heavy atom. The van der Waals surface area contributed by atoms with Crippen molar-refractivity contribution in [3.8, 4) is 5.75 Å². The number of alkyl halides is 2. The van der Waals surface area contributed by atoms with Crippen molar-refractivity contribution in [3.63, 3.8) is 0 Å². The van der Waals surface area contributed by atoms with Gasteiger partial charge in [0.05, 0.1) is 11.6 Å². The minimum Gasteiger partial charge on any atom is -0.433 e. The van der Waals surface area contributed by atoms with E-state index < -0.39 is 6.61 Å². The lowest BCUT2D eigenvalue weighted by atomic mass is 10.1. The van der Waals surface area contributed by atoms with Crippen molar-refractivity contribution in [1.82, 2.24) is 0 Å². The molecule has 2 N–H and O–H groups in total. The number of hydrogen-bond donors (Lipinski definition) is 2. The van der Waals surface area contributed by atoms with Crippen molar-refractivity contribution in [3.05, 3.63) is 52.5 Å². The summed E-state index contributed by atoms with van der Waals surface area (Å²) in [6.45, 7) is 0.969. The van der Waals surface area contributed by atoms with Gasteiger partial charge in [0.2, 0.25) is 5.91 Å². The van der Waals surface area contributed by atoms with Crippen LogP contribution >= 0.6 is 11.6 Å². The first-order valence-corrected chi connectivity index (χ1v) is 7.59. The summed E-state index contributed by atoms with van der Waals surface area (Å²) in [7, 11) is 0. The molecule has 0 fully saturated rings. The first-order valence-electron chi connectivity index (χ1n) is 7.21. The van der Waals surface area contributed by atoms with Crippen molar-refractivity contribution in [2.24, 2.45) is 0 Å². The summed E-state index contributed by atoms with van der Waals surface area (Å²) < 4.78 is 28.6. The summed E-state index contributed by atoms with van der Waals surface area (Å²) in [5, 5.41) is 5.73. The molecule has 0 aliphatic heterocycles. The van der Waals surface area contributed by atoms with Crippen molar-refractivity contribution in [2.75, 3.05) is 17.2 Å². The average Bonchev–Trinajstić information content (AvgIpc) is 2.52. The third-order valence-electron chi connectivity index (χ3n) is 3.48. The van der Waals surface area contributed by atoms with Gasteiger partial charge in [-0.25, -0.2) is 0 Å². The number of amides is 1. The number of benzene rings is 2. The Kier molecular flexibility index (Phi) is 5.98. The third-order valence-corrected chi connectivity index (χ3v) is 3.78. The molecule has 2 aromatic carbocycles. The molecule has 0 aromatic heterocycles. The standard InChI is InChI=1S/C17H17ClF2N2O2/c1-10-4-3-5-14(11(10)2)22-16(23)9-21-12-6-7-15(13(18)8-12)24-17(19)20/h3-8,17,21H,9H2,1-2H3,(H,22,23). The van der Waals surface area contributed by atoms with Gasteiger partial charge < -0.3 is 15.4 Å². The van der Waals surface area contributed by atoms with Gasteiger partial charge >= 0.3 is 6.61 Å². The number of carbonyl (C=O) groups excluding carboxylic acids is 1. The predicted octanol–water partition coefficient (Wildman–Crippen LogP) is 4.61. The highest BCUT2D eigenvalue weighted by Gasteiger charge is 2.10. The molecule has 0 atom stereocenters. The minimum atomic E-state index is -2.94. The van der Waals surface area contributed by atoms with E-state index >= 15 is 0 Å². The first kappa shape index (κ1) is 18.0. The largest absolute Gasteiger partial charge is 0.433 e. The smallest absolute Gasteiger partial charge is 0.387 e. The van der Waals surface area contributed by atoms with Gasteiger partial charge in [0.25, 0.3) is 0 Å². The fraction of sp³-hybridized carbons (Fsp3) is 0.235. The normalized spacial score (nSPS) is 10.6. The maximum Gasteiger partial charge on any atom is 0.387 e. The number of carbonyl (C=O) groups is 1. The molecule has 4 nitrogen and oxygen atoms in total. The second-order valence-electron chi connectivity index (χ2n) is 5.17. The Morgan fingerprint density at radius 2 is 2.00 bits per heavy atom. The number of ether oxygens (including phenoxy) is 1. The van der Waals surface area contributed by atoms with Crippen LogP contribution < -0.4 is 15.4 Å². The van der Waals surface area contributed by atoms with Gasteiger partial charge in [0, 0.05) is 11.4 Å². The van der Waals surface area contributed by atoms with Gasteiger partial charge in [-0.3, -0.25) is 4.79 Å². The van der Waals surface area contributed by atoms with Gasteiger partial charge in [-0.05, 0) is 49.2 Å². The molecular formula is C17H17ClF2N2O2. The fourth-order valence-corrected chi connectivity index (χ4v) is 2.29. The van der Waals surface area contributed by atoms with Crippen molar-refractivity contribution >= 4 is 28.9 Å². The lowest BCUT2D eigenvalue weighted by Crippen LogP contribution is -2.22. The van der Waals surface area contributed by atoms with E-state index in [0.717, 1.165) is 16.8 Å². The zero-order valence-corrected chi connectivity index (χ0v) is 14.0. The lowest BCUT2D eigenvalue weighted by Gasteiger charge is -2.12. The summed E-state index contributed by atoms with van der Waals surface area (Å²) in [6, 6.07) is 9.91. The number of aryl methyl sites for hydroxylation is 1. The van der Waals surface area contributed by atoms with Crippen LogP contribution in [0.3, 0.4) is 0 Å². The van der Waals surface area contributed by atoms with Gasteiger partial charge in [-0.1, -0.05) is 23.7 Å². The van der Waals surface area contributed by atoms with E-state index in [-0.39, 0.29) is 23.2 Å². The number of hydrogen-bond acceptors (Lipinski definition) is 3. The van der Waals surface area contributed by atoms with Crippen LogP contribution in [0.2, 0.25) is 5.02 Å². The molecule has 0 unspecified atom stereocenters. The second kappa shape index (κ2) is 7.97. The summed E-state index contributed by atoms with van der Waals surface area (Å²) in [4.78, 5) is 12.0. The van der Waals surface area contributed by atoms with Crippen molar-refractivity contribution in [1.29, 1.82) is 0 Å². The molecule has 2 rings (SSSR count). The Balaban J connectivity index is 1.94. The first-order chi connectivity index (χ1) is 11.4. The molecule has 2 aromatic rings. The maximum atomic E-state index is 12.2. The summed E-state index contributed by atoms with van der Waals surface area (Å²) >= 11 is 5.86. The van der Waals surface area contributed by atoms with Crippen LogP contribution in [0.4, 0.5) is 20.2 Å². The Hall–Kier alpha value is -2.34. The molecule has 7 heteroatoms. The molecule has 24 heavy (non-hydrogen) atoms. The molecule has 0 radical (unpaired) electrons. The van der Waals surface area contributed by atoms with E-state index in [9.17, 15) is 13.6 Å². The van der Waals surface area contributed by atoms with Gasteiger partial charge in [0.15, 0.2) is 0 Å².